The molecule has 1 fully saturated rings. The third-order valence-corrected chi connectivity index (χ3v) is 6.14. The van der Waals surface area contributed by atoms with Gasteiger partial charge in [-0.15, -0.1) is 0 Å². The molecule has 7 nitrogen and oxygen atoms in total. The van der Waals surface area contributed by atoms with E-state index in [1.165, 1.54) is 18.2 Å². The van der Waals surface area contributed by atoms with E-state index in [0.29, 0.717) is 6.61 Å². The van der Waals surface area contributed by atoms with Crippen LogP contribution in [0.1, 0.15) is 39.0 Å². The Morgan fingerprint density at radius 3 is 2.63 bits per heavy atom. The molecule has 152 valence electrons. The molecule has 1 saturated carbocycles. The summed E-state index contributed by atoms with van der Waals surface area (Å²) < 4.78 is 38.1. The van der Waals surface area contributed by atoms with Crippen molar-refractivity contribution in [1.29, 1.82) is 0 Å². The van der Waals surface area contributed by atoms with Gasteiger partial charge in [0.05, 0.1) is 16.5 Å². The van der Waals surface area contributed by atoms with Crippen LogP contribution in [-0.4, -0.2) is 46.7 Å². The number of hydrogen-bond donors (Lipinski definition) is 2. The van der Waals surface area contributed by atoms with E-state index in [1.54, 1.807) is 7.11 Å². The number of halogens is 1. The van der Waals surface area contributed by atoms with Crippen LogP contribution in [0.15, 0.2) is 23.1 Å². The summed E-state index contributed by atoms with van der Waals surface area (Å²) >= 11 is 6.15. The van der Waals surface area contributed by atoms with E-state index in [9.17, 15) is 13.2 Å². The van der Waals surface area contributed by atoms with Crippen molar-refractivity contribution in [1.82, 2.24) is 10.0 Å². The molecule has 2 rings (SSSR count). The molecule has 1 atom stereocenters. The highest BCUT2D eigenvalue weighted by Crippen LogP contribution is 2.28. The molecule has 0 aromatic heterocycles. The van der Waals surface area contributed by atoms with E-state index in [4.69, 9.17) is 21.1 Å². The summed E-state index contributed by atoms with van der Waals surface area (Å²) in [6, 6.07) is 4.06. The summed E-state index contributed by atoms with van der Waals surface area (Å²) in [5.74, 6) is -0.0610. The van der Waals surface area contributed by atoms with Crippen LogP contribution in [0.2, 0.25) is 5.02 Å². The molecule has 0 aliphatic heterocycles. The highest BCUT2D eigenvalue weighted by atomic mass is 35.5. The average molecular weight is 419 g/mol. The first-order valence-electron chi connectivity index (χ1n) is 9.05. The van der Waals surface area contributed by atoms with E-state index >= 15 is 0 Å². The third-order valence-electron chi connectivity index (χ3n) is 4.32. The van der Waals surface area contributed by atoms with Gasteiger partial charge in [-0.05, 0) is 38.0 Å². The van der Waals surface area contributed by atoms with E-state index in [0.717, 1.165) is 32.1 Å². The van der Waals surface area contributed by atoms with Crippen LogP contribution >= 0.6 is 11.6 Å². The number of benzene rings is 1. The van der Waals surface area contributed by atoms with E-state index < -0.39 is 10.0 Å². The summed E-state index contributed by atoms with van der Waals surface area (Å²) in [4.78, 5) is 11.9. The zero-order valence-corrected chi connectivity index (χ0v) is 17.2. The highest BCUT2D eigenvalue weighted by Gasteiger charge is 2.22. The van der Waals surface area contributed by atoms with Crippen LogP contribution in [0.5, 0.6) is 5.75 Å². The minimum atomic E-state index is -3.64. The second kappa shape index (κ2) is 10.3. The molecular formula is C18H27ClN2O5S. The van der Waals surface area contributed by atoms with Crippen molar-refractivity contribution >= 4 is 27.5 Å². The summed E-state index contributed by atoms with van der Waals surface area (Å²) in [5, 5.41) is 2.85. The molecule has 1 aromatic rings. The molecule has 1 aliphatic rings. The highest BCUT2D eigenvalue weighted by molar-refractivity contribution is 7.89. The number of nitrogens with one attached hydrogen (secondary N) is 2. The SMILES string of the molecule is COC[C@H](C)NC(=O)COc1ccc(S(=O)(=O)NC2CCCCC2)cc1Cl. The molecule has 9 heteroatoms. The Morgan fingerprint density at radius 2 is 2.00 bits per heavy atom. The van der Waals surface area contributed by atoms with Crippen LogP contribution in [-0.2, 0) is 19.6 Å². The second-order valence-electron chi connectivity index (χ2n) is 6.76. The first kappa shape index (κ1) is 21.9. The molecule has 1 amide bonds. The Hall–Kier alpha value is -1.35. The van der Waals surface area contributed by atoms with Gasteiger partial charge in [0.25, 0.3) is 5.91 Å². The summed E-state index contributed by atoms with van der Waals surface area (Å²) in [7, 11) is -2.08. The Morgan fingerprint density at radius 1 is 1.30 bits per heavy atom. The maximum absolute atomic E-state index is 12.5. The first-order chi connectivity index (χ1) is 12.8. The molecule has 0 heterocycles. The van der Waals surface area contributed by atoms with Gasteiger partial charge in [-0.2, -0.15) is 0 Å². The first-order valence-corrected chi connectivity index (χ1v) is 10.9. The number of rotatable bonds is 9. The van der Waals surface area contributed by atoms with Crippen molar-refractivity contribution in [2.45, 2.75) is 56.0 Å². The van der Waals surface area contributed by atoms with E-state index in [1.807, 2.05) is 6.92 Å². The number of methoxy groups -OCH3 is 1. The largest absolute Gasteiger partial charge is 0.482 e. The van der Waals surface area contributed by atoms with Crippen LogP contribution in [0.25, 0.3) is 0 Å². The van der Waals surface area contributed by atoms with E-state index in [2.05, 4.69) is 10.0 Å². The zero-order chi connectivity index (χ0) is 19.9. The molecule has 0 spiro atoms. The predicted molar refractivity (Wildman–Crippen MR) is 104 cm³/mol. The van der Waals surface area contributed by atoms with Crippen molar-refractivity contribution in [2.75, 3.05) is 20.3 Å². The molecule has 0 bridgehead atoms. The minimum Gasteiger partial charge on any atom is -0.482 e. The topological polar surface area (TPSA) is 93.7 Å². The van der Waals surface area contributed by atoms with Gasteiger partial charge in [0, 0.05) is 19.2 Å². The Kier molecular flexibility index (Phi) is 8.34. The summed E-state index contributed by atoms with van der Waals surface area (Å²) in [6.07, 6.45) is 4.92. The lowest BCUT2D eigenvalue weighted by Crippen LogP contribution is -2.38. The van der Waals surface area contributed by atoms with Crippen molar-refractivity contribution in [3.8, 4) is 5.75 Å². The number of ether oxygens (including phenoxy) is 2. The Balaban J connectivity index is 1.95. The monoisotopic (exact) mass is 418 g/mol. The van der Waals surface area contributed by atoms with Gasteiger partial charge in [-0.25, -0.2) is 13.1 Å². The van der Waals surface area contributed by atoms with E-state index in [-0.39, 0.29) is 40.3 Å². The minimum absolute atomic E-state index is 0.0313. The molecule has 27 heavy (non-hydrogen) atoms. The number of hydrogen-bond acceptors (Lipinski definition) is 5. The van der Waals surface area contributed by atoms with Crippen LogP contribution in [0, 0.1) is 0 Å². The van der Waals surface area contributed by atoms with Crippen molar-refractivity contribution in [3.05, 3.63) is 23.2 Å². The maximum Gasteiger partial charge on any atom is 0.258 e. The molecular weight excluding hydrogens is 392 g/mol. The van der Waals surface area contributed by atoms with Gasteiger partial charge in [0.1, 0.15) is 5.75 Å². The quantitative estimate of drug-likeness (QED) is 0.642. The predicted octanol–water partition coefficient (Wildman–Crippen LogP) is 2.48. The number of sulfonamides is 1. The number of amides is 1. The normalized spacial score (nSPS) is 16.7. The lowest BCUT2D eigenvalue weighted by atomic mass is 9.96. The average Bonchev–Trinajstić information content (AvgIpc) is 2.61. The Labute approximate surface area is 165 Å². The smallest absolute Gasteiger partial charge is 0.258 e. The van der Waals surface area contributed by atoms with Crippen LogP contribution in [0.3, 0.4) is 0 Å². The van der Waals surface area contributed by atoms with Gasteiger partial charge in [-0.1, -0.05) is 30.9 Å². The van der Waals surface area contributed by atoms with Crippen molar-refractivity contribution < 1.29 is 22.7 Å². The molecule has 0 unspecified atom stereocenters. The fourth-order valence-corrected chi connectivity index (χ4v) is 4.66. The number of carbonyl (C=O) groups excluding carboxylic acids is 1. The van der Waals surface area contributed by atoms with Crippen LogP contribution < -0.4 is 14.8 Å². The summed E-state index contributed by atoms with van der Waals surface area (Å²) in [6.45, 7) is 1.99. The fourth-order valence-electron chi connectivity index (χ4n) is 3.03. The lowest BCUT2D eigenvalue weighted by Gasteiger charge is -2.22. The molecule has 0 saturated heterocycles. The molecule has 1 aromatic carbocycles. The van der Waals surface area contributed by atoms with Crippen molar-refractivity contribution in [2.24, 2.45) is 0 Å². The van der Waals surface area contributed by atoms with Gasteiger partial charge < -0.3 is 14.8 Å². The molecule has 0 radical (unpaired) electrons. The van der Waals surface area contributed by atoms with Gasteiger partial charge >= 0.3 is 0 Å². The van der Waals surface area contributed by atoms with Gasteiger partial charge in [-0.3, -0.25) is 4.79 Å². The lowest BCUT2D eigenvalue weighted by molar-refractivity contribution is -0.124. The zero-order valence-electron chi connectivity index (χ0n) is 15.7. The second-order valence-corrected chi connectivity index (χ2v) is 8.88. The van der Waals surface area contributed by atoms with Crippen molar-refractivity contribution in [3.63, 3.8) is 0 Å². The fraction of sp³-hybridized carbons (Fsp3) is 0.611. The van der Waals surface area contributed by atoms with Crippen LogP contribution in [0.4, 0.5) is 0 Å². The van der Waals surface area contributed by atoms with Gasteiger partial charge in [0.2, 0.25) is 10.0 Å². The van der Waals surface area contributed by atoms with Gasteiger partial charge in [0.15, 0.2) is 6.61 Å². The Bertz CT molecular complexity index is 735. The molecule has 2 N–H and O–H groups in total. The standard InChI is InChI=1S/C18H27ClN2O5S/c1-13(11-25-2)20-18(22)12-26-17-9-8-15(10-16(17)19)27(23,24)21-14-6-4-3-5-7-14/h8-10,13-14,21H,3-7,11-12H2,1-2H3,(H,20,22)/t13-/m0/s1. The summed E-state index contributed by atoms with van der Waals surface area (Å²) in [5.41, 5.74) is 0. The number of carbonyl (C=O) groups is 1. The maximum atomic E-state index is 12.5. The molecule has 1 aliphatic carbocycles. The third kappa shape index (κ3) is 6.95.